The van der Waals surface area contributed by atoms with Crippen LogP contribution in [0.4, 0.5) is 4.79 Å². The normalized spacial score (nSPS) is 27.3. The number of amides is 4. The van der Waals surface area contributed by atoms with Crippen molar-refractivity contribution in [2.24, 2.45) is 0 Å². The number of imide groups is 1. The minimum absolute atomic E-state index is 0.160. The molecule has 1 aromatic rings. The van der Waals surface area contributed by atoms with E-state index in [-0.39, 0.29) is 24.4 Å². The Balaban J connectivity index is 1.76. The third kappa shape index (κ3) is 2.77. The number of rotatable bonds is 3. The number of nitrogens with zero attached hydrogens (tertiary/aromatic N) is 2. The molecule has 2 saturated heterocycles. The molecule has 2 aliphatic rings. The van der Waals surface area contributed by atoms with Gasteiger partial charge in [0.15, 0.2) is 0 Å². The lowest BCUT2D eigenvalue weighted by atomic mass is 9.92. The highest BCUT2D eigenvalue weighted by Gasteiger charge is 2.49. The molecule has 2 heterocycles. The lowest BCUT2D eigenvalue weighted by Crippen LogP contribution is -2.48. The highest BCUT2D eigenvalue weighted by atomic mass is 16.2. The molecule has 4 amide bonds. The molecule has 6 heteroatoms. The maximum absolute atomic E-state index is 12.8. The van der Waals surface area contributed by atoms with Crippen molar-refractivity contribution >= 4 is 17.8 Å². The number of hydrogen-bond donors (Lipinski definition) is 1. The number of likely N-dealkylation sites (tertiary alicyclic amines) is 1. The number of urea groups is 1. The van der Waals surface area contributed by atoms with Crippen molar-refractivity contribution < 1.29 is 14.4 Å². The molecule has 0 saturated carbocycles. The van der Waals surface area contributed by atoms with Crippen LogP contribution in [0.2, 0.25) is 0 Å². The van der Waals surface area contributed by atoms with Crippen LogP contribution in [-0.2, 0) is 15.1 Å². The van der Waals surface area contributed by atoms with Crippen molar-refractivity contribution in [1.82, 2.24) is 15.1 Å². The standard InChI is InChI=1S/C18H23N3O3/c1-13-8-6-7-11-20(13)15(22)12-21-16(23)18(2,19-17(21)24)14-9-4-3-5-10-14/h3-5,9-10,13H,6-8,11-12H2,1-2H3,(H,19,24)/t13-,18+/m1/s1. The van der Waals surface area contributed by atoms with Gasteiger partial charge in [-0.15, -0.1) is 0 Å². The fourth-order valence-electron chi connectivity index (χ4n) is 3.50. The quantitative estimate of drug-likeness (QED) is 0.861. The van der Waals surface area contributed by atoms with Gasteiger partial charge in [-0.25, -0.2) is 4.79 Å². The van der Waals surface area contributed by atoms with E-state index in [4.69, 9.17) is 0 Å². The number of carbonyl (C=O) groups excluding carboxylic acids is 3. The summed E-state index contributed by atoms with van der Waals surface area (Å²) in [7, 11) is 0. The van der Waals surface area contributed by atoms with E-state index in [1.165, 1.54) is 0 Å². The van der Waals surface area contributed by atoms with Crippen LogP contribution >= 0.6 is 0 Å². The second-order valence-electron chi connectivity index (χ2n) is 6.74. The summed E-state index contributed by atoms with van der Waals surface area (Å²) in [6.45, 7) is 4.19. The van der Waals surface area contributed by atoms with Gasteiger partial charge in [0.1, 0.15) is 12.1 Å². The van der Waals surface area contributed by atoms with Gasteiger partial charge in [0, 0.05) is 12.6 Å². The van der Waals surface area contributed by atoms with Crippen LogP contribution in [-0.4, -0.2) is 46.8 Å². The van der Waals surface area contributed by atoms with Crippen molar-refractivity contribution in [2.75, 3.05) is 13.1 Å². The zero-order valence-electron chi connectivity index (χ0n) is 14.1. The first-order valence-electron chi connectivity index (χ1n) is 8.42. The zero-order valence-corrected chi connectivity index (χ0v) is 14.1. The van der Waals surface area contributed by atoms with Crippen molar-refractivity contribution in [2.45, 2.75) is 44.7 Å². The molecule has 24 heavy (non-hydrogen) atoms. The van der Waals surface area contributed by atoms with E-state index in [2.05, 4.69) is 5.32 Å². The fourth-order valence-corrected chi connectivity index (χ4v) is 3.50. The van der Waals surface area contributed by atoms with Gasteiger partial charge in [0.05, 0.1) is 0 Å². The Morgan fingerprint density at radius 1 is 1.25 bits per heavy atom. The Labute approximate surface area is 141 Å². The van der Waals surface area contributed by atoms with Crippen LogP contribution in [0.15, 0.2) is 30.3 Å². The Kier molecular flexibility index (Phi) is 4.30. The van der Waals surface area contributed by atoms with E-state index in [0.29, 0.717) is 12.1 Å². The molecule has 0 spiro atoms. The summed E-state index contributed by atoms with van der Waals surface area (Å²) in [4.78, 5) is 40.5. The summed E-state index contributed by atoms with van der Waals surface area (Å²) in [5.41, 5.74) is -0.406. The third-order valence-electron chi connectivity index (χ3n) is 5.04. The molecule has 2 atom stereocenters. The molecule has 1 aromatic carbocycles. The van der Waals surface area contributed by atoms with Gasteiger partial charge in [-0.2, -0.15) is 0 Å². The van der Waals surface area contributed by atoms with Crippen molar-refractivity contribution in [3.63, 3.8) is 0 Å². The number of hydrogen-bond acceptors (Lipinski definition) is 3. The van der Waals surface area contributed by atoms with Gasteiger partial charge in [-0.3, -0.25) is 14.5 Å². The summed E-state index contributed by atoms with van der Waals surface area (Å²) >= 11 is 0. The van der Waals surface area contributed by atoms with Gasteiger partial charge in [0.2, 0.25) is 5.91 Å². The highest BCUT2D eigenvalue weighted by Crippen LogP contribution is 2.28. The Hall–Kier alpha value is -2.37. The van der Waals surface area contributed by atoms with E-state index in [1.807, 2.05) is 25.1 Å². The molecule has 3 rings (SSSR count). The van der Waals surface area contributed by atoms with E-state index >= 15 is 0 Å². The van der Waals surface area contributed by atoms with Crippen molar-refractivity contribution in [1.29, 1.82) is 0 Å². The fraction of sp³-hybridized carbons (Fsp3) is 0.500. The Morgan fingerprint density at radius 2 is 1.96 bits per heavy atom. The second kappa shape index (κ2) is 6.26. The monoisotopic (exact) mass is 329 g/mol. The molecule has 2 aliphatic heterocycles. The number of carbonyl (C=O) groups is 3. The lowest BCUT2D eigenvalue weighted by molar-refractivity contribution is -0.140. The summed E-state index contributed by atoms with van der Waals surface area (Å²) < 4.78 is 0. The number of piperidine rings is 1. The second-order valence-corrected chi connectivity index (χ2v) is 6.74. The van der Waals surface area contributed by atoms with Crippen LogP contribution in [0.5, 0.6) is 0 Å². The molecule has 0 aliphatic carbocycles. The van der Waals surface area contributed by atoms with Crippen LogP contribution in [0.25, 0.3) is 0 Å². The largest absolute Gasteiger partial charge is 0.338 e. The first-order chi connectivity index (χ1) is 11.4. The topological polar surface area (TPSA) is 69.7 Å². The van der Waals surface area contributed by atoms with Crippen LogP contribution in [0.1, 0.15) is 38.7 Å². The third-order valence-corrected chi connectivity index (χ3v) is 5.04. The predicted molar refractivity (Wildman–Crippen MR) is 89.1 cm³/mol. The van der Waals surface area contributed by atoms with Crippen LogP contribution in [0, 0.1) is 0 Å². The van der Waals surface area contributed by atoms with Crippen molar-refractivity contribution in [3.05, 3.63) is 35.9 Å². The molecule has 0 bridgehead atoms. The van der Waals surface area contributed by atoms with Gasteiger partial charge in [-0.1, -0.05) is 30.3 Å². The zero-order chi connectivity index (χ0) is 17.3. The molecule has 6 nitrogen and oxygen atoms in total. The predicted octanol–water partition coefficient (Wildman–Crippen LogP) is 1.85. The summed E-state index contributed by atoms with van der Waals surface area (Å²) in [6.07, 6.45) is 3.05. The molecule has 2 fully saturated rings. The summed E-state index contributed by atoms with van der Waals surface area (Å²) in [5, 5.41) is 2.73. The summed E-state index contributed by atoms with van der Waals surface area (Å²) in [6, 6.07) is 8.75. The molecule has 1 N–H and O–H groups in total. The number of nitrogens with one attached hydrogen (secondary N) is 1. The lowest BCUT2D eigenvalue weighted by Gasteiger charge is -2.34. The van der Waals surface area contributed by atoms with Gasteiger partial charge < -0.3 is 10.2 Å². The average molecular weight is 329 g/mol. The molecular weight excluding hydrogens is 306 g/mol. The van der Waals surface area contributed by atoms with E-state index in [9.17, 15) is 14.4 Å². The van der Waals surface area contributed by atoms with Gasteiger partial charge in [-0.05, 0) is 38.7 Å². The Bertz CT molecular complexity index is 661. The first-order valence-corrected chi connectivity index (χ1v) is 8.42. The minimum atomic E-state index is -1.12. The smallest absolute Gasteiger partial charge is 0.325 e. The molecule has 128 valence electrons. The van der Waals surface area contributed by atoms with Crippen LogP contribution < -0.4 is 5.32 Å². The first kappa shape index (κ1) is 16.5. The van der Waals surface area contributed by atoms with Gasteiger partial charge >= 0.3 is 6.03 Å². The maximum Gasteiger partial charge on any atom is 0.325 e. The molecule has 0 radical (unpaired) electrons. The van der Waals surface area contributed by atoms with E-state index < -0.39 is 11.6 Å². The average Bonchev–Trinajstić information content (AvgIpc) is 2.80. The highest BCUT2D eigenvalue weighted by molar-refractivity contribution is 6.09. The summed E-state index contributed by atoms with van der Waals surface area (Å²) in [5.74, 6) is -0.542. The number of benzene rings is 1. The molecular formula is C18H23N3O3. The van der Waals surface area contributed by atoms with E-state index in [0.717, 1.165) is 24.2 Å². The maximum atomic E-state index is 12.8. The minimum Gasteiger partial charge on any atom is -0.338 e. The molecule has 0 aromatic heterocycles. The van der Waals surface area contributed by atoms with Crippen LogP contribution in [0.3, 0.4) is 0 Å². The van der Waals surface area contributed by atoms with Crippen molar-refractivity contribution in [3.8, 4) is 0 Å². The molecule has 0 unspecified atom stereocenters. The van der Waals surface area contributed by atoms with Gasteiger partial charge in [0.25, 0.3) is 5.91 Å². The Morgan fingerprint density at radius 3 is 2.62 bits per heavy atom. The SMILES string of the molecule is C[C@@H]1CCCCN1C(=O)CN1C(=O)N[C@@](C)(c2ccccc2)C1=O. The van der Waals surface area contributed by atoms with E-state index in [1.54, 1.807) is 24.0 Å².